The van der Waals surface area contributed by atoms with Crippen molar-refractivity contribution in [3.05, 3.63) is 89.5 Å². The highest BCUT2D eigenvalue weighted by atomic mass is 32.1. The first-order chi connectivity index (χ1) is 15.4. The lowest BCUT2D eigenvalue weighted by atomic mass is 9.99. The molecule has 0 spiro atoms. The molecule has 0 unspecified atom stereocenters. The zero-order valence-electron chi connectivity index (χ0n) is 19.5. The van der Waals surface area contributed by atoms with E-state index < -0.39 is 6.04 Å². The van der Waals surface area contributed by atoms with Gasteiger partial charge in [0.15, 0.2) is 11.4 Å². The summed E-state index contributed by atoms with van der Waals surface area (Å²) in [5.41, 5.74) is 5.35. The molecular formula is C27H30N2O3S2. The highest BCUT2D eigenvalue weighted by Crippen LogP contribution is 2.25. The number of benzene rings is 3. The predicted octanol–water partition coefficient (Wildman–Crippen LogP) is 5.45. The average Bonchev–Trinajstić information content (AvgIpc) is 3.22. The van der Waals surface area contributed by atoms with Gasteiger partial charge in [-0.1, -0.05) is 48.5 Å². The number of carbonyl (C=O) groups excluding carboxylic acids is 2. The Morgan fingerprint density at radius 1 is 0.941 bits per heavy atom. The topological polar surface area (TPSA) is 72.2 Å². The fraction of sp³-hybridized carbons (Fsp3) is 0.222. The normalized spacial score (nSPS) is 12.2. The summed E-state index contributed by atoms with van der Waals surface area (Å²) < 4.78 is 5.87. The molecule has 0 aliphatic rings. The Kier molecular flexibility index (Phi) is 9.53. The van der Waals surface area contributed by atoms with Crippen LogP contribution in [-0.4, -0.2) is 22.7 Å². The molecule has 7 heteroatoms. The van der Waals surface area contributed by atoms with E-state index in [0.717, 1.165) is 33.4 Å². The van der Waals surface area contributed by atoms with Gasteiger partial charge in [-0.25, -0.2) is 4.98 Å². The Bertz CT molecular complexity index is 1250. The molecular weight excluding hydrogens is 464 g/mol. The van der Waals surface area contributed by atoms with Crippen LogP contribution < -0.4 is 5.32 Å². The molecule has 0 aliphatic heterocycles. The third-order valence-electron chi connectivity index (χ3n) is 5.66. The van der Waals surface area contributed by atoms with Crippen LogP contribution in [0.25, 0.3) is 22.6 Å². The maximum Gasteiger partial charge on any atom is 0.227 e. The van der Waals surface area contributed by atoms with E-state index in [1.807, 2.05) is 86.6 Å². The number of aromatic nitrogens is 1. The zero-order chi connectivity index (χ0) is 22.7. The van der Waals surface area contributed by atoms with E-state index in [4.69, 9.17) is 4.42 Å². The van der Waals surface area contributed by atoms with Crippen molar-refractivity contribution in [2.75, 3.05) is 0 Å². The van der Waals surface area contributed by atoms with Crippen molar-refractivity contribution in [2.24, 2.45) is 0 Å². The number of aryl methyl sites for hydroxylation is 1. The zero-order valence-corrected chi connectivity index (χ0v) is 21.5. The van der Waals surface area contributed by atoms with E-state index in [1.165, 1.54) is 0 Å². The van der Waals surface area contributed by atoms with Crippen molar-refractivity contribution in [3.63, 3.8) is 0 Å². The van der Waals surface area contributed by atoms with Crippen molar-refractivity contribution >= 4 is 49.8 Å². The molecule has 1 heterocycles. The monoisotopic (exact) mass is 494 g/mol. The van der Waals surface area contributed by atoms with Gasteiger partial charge in [0.1, 0.15) is 5.52 Å². The summed E-state index contributed by atoms with van der Waals surface area (Å²) in [7, 11) is 0. The van der Waals surface area contributed by atoms with Gasteiger partial charge >= 0.3 is 0 Å². The number of oxazole rings is 1. The molecule has 4 aromatic rings. The molecule has 5 nitrogen and oxygen atoms in total. The summed E-state index contributed by atoms with van der Waals surface area (Å²) >= 11 is 0. The number of ketones is 1. The molecule has 2 atom stereocenters. The summed E-state index contributed by atoms with van der Waals surface area (Å²) in [6, 6.07) is 22.5. The molecule has 0 bridgehead atoms. The maximum absolute atomic E-state index is 12.7. The SMILES string of the molecule is Cc1ccc2nc(-c3ccc(CC(=O)[C@H](C)NC(=O)[C@@H](C)c4ccccc4)cc3)oc2c1.S.S. The molecule has 0 saturated heterocycles. The minimum absolute atomic E-state index is 0. The van der Waals surface area contributed by atoms with Crippen LogP contribution in [0.5, 0.6) is 0 Å². The quantitative estimate of drug-likeness (QED) is 0.371. The highest BCUT2D eigenvalue weighted by molar-refractivity contribution is 7.59. The Hall–Kier alpha value is -3.03. The number of nitrogens with one attached hydrogen (secondary N) is 1. The van der Waals surface area contributed by atoms with Crippen LogP contribution in [0.3, 0.4) is 0 Å². The van der Waals surface area contributed by atoms with Gasteiger partial charge in [0.2, 0.25) is 11.8 Å². The molecule has 0 fully saturated rings. The Morgan fingerprint density at radius 2 is 1.62 bits per heavy atom. The molecule has 0 radical (unpaired) electrons. The van der Waals surface area contributed by atoms with E-state index in [1.54, 1.807) is 6.92 Å². The molecule has 0 aliphatic carbocycles. The number of amides is 1. The molecule has 178 valence electrons. The van der Waals surface area contributed by atoms with Gasteiger partial charge in [0, 0.05) is 12.0 Å². The molecule has 3 aromatic carbocycles. The average molecular weight is 495 g/mol. The Labute approximate surface area is 213 Å². The van der Waals surface area contributed by atoms with E-state index >= 15 is 0 Å². The van der Waals surface area contributed by atoms with Crippen LogP contribution in [0.4, 0.5) is 0 Å². The second-order valence-electron chi connectivity index (χ2n) is 8.19. The maximum atomic E-state index is 12.7. The highest BCUT2D eigenvalue weighted by Gasteiger charge is 2.21. The number of fused-ring (bicyclic) bond motifs is 1. The summed E-state index contributed by atoms with van der Waals surface area (Å²) in [5.74, 6) is 0.0483. The van der Waals surface area contributed by atoms with Gasteiger partial charge in [-0.3, -0.25) is 9.59 Å². The largest absolute Gasteiger partial charge is 0.436 e. The van der Waals surface area contributed by atoms with E-state index in [9.17, 15) is 9.59 Å². The van der Waals surface area contributed by atoms with Crippen molar-refractivity contribution in [1.29, 1.82) is 0 Å². The van der Waals surface area contributed by atoms with Gasteiger partial charge < -0.3 is 9.73 Å². The van der Waals surface area contributed by atoms with E-state index in [0.29, 0.717) is 5.89 Å². The summed E-state index contributed by atoms with van der Waals surface area (Å²) in [4.78, 5) is 29.7. The van der Waals surface area contributed by atoms with Crippen molar-refractivity contribution in [2.45, 2.75) is 39.2 Å². The molecule has 4 rings (SSSR count). The first-order valence-electron chi connectivity index (χ1n) is 10.8. The first kappa shape index (κ1) is 27.2. The van der Waals surface area contributed by atoms with Crippen LogP contribution in [0, 0.1) is 6.92 Å². The van der Waals surface area contributed by atoms with Crippen LogP contribution in [0.1, 0.15) is 36.5 Å². The summed E-state index contributed by atoms with van der Waals surface area (Å²) in [5, 5.41) is 2.84. The van der Waals surface area contributed by atoms with Gasteiger partial charge in [-0.15, -0.1) is 0 Å². The lowest BCUT2D eigenvalue weighted by molar-refractivity contribution is -0.127. The minimum atomic E-state index is -0.561. The standard InChI is InChI=1S/C27H26N2O3.2H2S/c1-17-9-14-23-25(15-17)32-27(29-23)22-12-10-20(11-13-22)16-24(30)19(3)28-26(31)18(2)21-7-5-4-6-8-21;;/h4-15,18-19H,16H2,1-3H3,(H,28,31);2*1H2/t18-,19-;;/m0../s1. The van der Waals surface area contributed by atoms with Crippen molar-refractivity contribution in [3.8, 4) is 11.5 Å². The molecule has 1 aromatic heterocycles. The first-order valence-corrected chi connectivity index (χ1v) is 10.8. The number of rotatable bonds is 7. The minimum Gasteiger partial charge on any atom is -0.436 e. The van der Waals surface area contributed by atoms with Crippen LogP contribution in [0.15, 0.2) is 77.2 Å². The lowest BCUT2D eigenvalue weighted by Gasteiger charge is -2.17. The van der Waals surface area contributed by atoms with Crippen LogP contribution >= 0.6 is 27.0 Å². The van der Waals surface area contributed by atoms with Gasteiger partial charge in [0.05, 0.1) is 12.0 Å². The Balaban J connectivity index is 0.00000204. The number of hydrogen-bond donors (Lipinski definition) is 1. The van der Waals surface area contributed by atoms with Crippen molar-refractivity contribution in [1.82, 2.24) is 10.3 Å². The molecule has 1 N–H and O–H groups in total. The Morgan fingerprint density at radius 3 is 2.29 bits per heavy atom. The number of Topliss-reactive ketones (excluding diaryl/α,β-unsaturated/α-hetero) is 1. The predicted molar refractivity (Wildman–Crippen MR) is 146 cm³/mol. The summed E-state index contributed by atoms with van der Waals surface area (Å²) in [6.45, 7) is 5.58. The summed E-state index contributed by atoms with van der Waals surface area (Å²) in [6.07, 6.45) is 0.244. The van der Waals surface area contributed by atoms with Gasteiger partial charge in [-0.2, -0.15) is 27.0 Å². The second kappa shape index (κ2) is 11.9. The van der Waals surface area contributed by atoms with Crippen LogP contribution in [-0.2, 0) is 16.0 Å². The van der Waals surface area contributed by atoms with E-state index in [2.05, 4.69) is 10.3 Å². The second-order valence-corrected chi connectivity index (χ2v) is 8.19. The number of nitrogens with zero attached hydrogens (tertiary/aromatic N) is 1. The third kappa shape index (κ3) is 6.30. The molecule has 0 saturated carbocycles. The lowest BCUT2D eigenvalue weighted by Crippen LogP contribution is -2.41. The van der Waals surface area contributed by atoms with Crippen molar-refractivity contribution < 1.29 is 14.0 Å². The third-order valence-corrected chi connectivity index (χ3v) is 5.66. The molecule has 1 amide bonds. The van der Waals surface area contributed by atoms with Crippen LogP contribution in [0.2, 0.25) is 0 Å². The fourth-order valence-corrected chi connectivity index (χ4v) is 3.59. The molecule has 34 heavy (non-hydrogen) atoms. The van der Waals surface area contributed by atoms with Gasteiger partial charge in [0.25, 0.3) is 0 Å². The smallest absolute Gasteiger partial charge is 0.227 e. The van der Waals surface area contributed by atoms with E-state index in [-0.39, 0.29) is 51.0 Å². The number of carbonyl (C=O) groups is 2. The number of hydrogen-bond acceptors (Lipinski definition) is 4. The van der Waals surface area contributed by atoms with Gasteiger partial charge in [-0.05, 0) is 61.7 Å². The fourth-order valence-electron chi connectivity index (χ4n) is 3.59.